The fraction of sp³-hybridized carbons (Fsp3) is 0.630. The molecule has 0 N–H and O–H groups in total. The van der Waals surface area contributed by atoms with Crippen molar-refractivity contribution in [2.75, 3.05) is 51.3 Å². The SMILES string of the molecule is COCC(=O)N1CCCN(CC(C)C)CCCN(C(=O)CCn2nc(C)nc2C)Cc2cc(F)ccc21. The molecule has 1 aromatic carbocycles. The van der Waals surface area contributed by atoms with E-state index < -0.39 is 5.82 Å². The lowest BCUT2D eigenvalue weighted by molar-refractivity contribution is -0.132. The van der Waals surface area contributed by atoms with Crippen LogP contribution in [0.1, 0.15) is 50.3 Å². The van der Waals surface area contributed by atoms with E-state index in [1.54, 1.807) is 20.5 Å². The van der Waals surface area contributed by atoms with Crippen molar-refractivity contribution in [3.05, 3.63) is 41.2 Å². The van der Waals surface area contributed by atoms with Crippen molar-refractivity contribution >= 4 is 17.5 Å². The number of hydrogen-bond acceptors (Lipinski definition) is 6. The molecule has 2 amide bonds. The molecule has 9 nitrogen and oxygen atoms in total. The molecule has 10 heteroatoms. The van der Waals surface area contributed by atoms with Crippen LogP contribution in [-0.4, -0.2) is 82.8 Å². The minimum atomic E-state index is -0.394. The molecule has 0 atom stereocenters. The van der Waals surface area contributed by atoms with Crippen molar-refractivity contribution in [2.45, 2.75) is 60.0 Å². The Kier molecular flexibility index (Phi) is 10.6. The highest BCUT2D eigenvalue weighted by Crippen LogP contribution is 2.25. The summed E-state index contributed by atoms with van der Waals surface area (Å²) in [5.74, 6) is 1.33. The van der Waals surface area contributed by atoms with E-state index >= 15 is 0 Å². The third-order valence-corrected chi connectivity index (χ3v) is 6.50. The summed E-state index contributed by atoms with van der Waals surface area (Å²) >= 11 is 0. The Balaban J connectivity index is 1.90. The zero-order valence-corrected chi connectivity index (χ0v) is 22.9. The summed E-state index contributed by atoms with van der Waals surface area (Å²) in [6, 6.07) is 4.44. The highest BCUT2D eigenvalue weighted by Gasteiger charge is 2.24. The van der Waals surface area contributed by atoms with E-state index in [2.05, 4.69) is 28.8 Å². The number of anilines is 1. The lowest BCUT2D eigenvalue weighted by Crippen LogP contribution is -2.40. The molecule has 2 heterocycles. The highest BCUT2D eigenvalue weighted by molar-refractivity contribution is 5.95. The van der Waals surface area contributed by atoms with Crippen LogP contribution in [0.3, 0.4) is 0 Å². The molecule has 0 aliphatic carbocycles. The minimum Gasteiger partial charge on any atom is -0.375 e. The molecule has 0 radical (unpaired) electrons. The number of rotatable bonds is 7. The number of carbonyl (C=O) groups excluding carboxylic acids is 2. The summed E-state index contributed by atoms with van der Waals surface area (Å²) in [6.45, 7) is 12.4. The Morgan fingerprint density at radius 2 is 1.81 bits per heavy atom. The molecule has 0 fully saturated rings. The highest BCUT2D eigenvalue weighted by atomic mass is 19.1. The van der Waals surface area contributed by atoms with Gasteiger partial charge < -0.3 is 19.4 Å². The number of amides is 2. The van der Waals surface area contributed by atoms with E-state index in [1.165, 1.54) is 19.2 Å². The second-order valence-corrected chi connectivity index (χ2v) is 10.1. The second-order valence-electron chi connectivity index (χ2n) is 10.1. The van der Waals surface area contributed by atoms with Crippen LogP contribution in [0.2, 0.25) is 0 Å². The summed E-state index contributed by atoms with van der Waals surface area (Å²) in [5.41, 5.74) is 1.24. The van der Waals surface area contributed by atoms with Gasteiger partial charge in [0.2, 0.25) is 5.91 Å². The van der Waals surface area contributed by atoms with Gasteiger partial charge in [-0.1, -0.05) is 13.8 Å². The zero-order valence-electron chi connectivity index (χ0n) is 22.9. The average Bonchev–Trinajstić information content (AvgIpc) is 3.15. The number of methoxy groups -OCH3 is 1. The van der Waals surface area contributed by atoms with Gasteiger partial charge in [-0.3, -0.25) is 9.59 Å². The monoisotopic (exact) mass is 516 g/mol. The summed E-state index contributed by atoms with van der Waals surface area (Å²) < 4.78 is 21.3. The number of fused-ring (bicyclic) bond motifs is 1. The molecule has 0 saturated carbocycles. The Morgan fingerprint density at radius 1 is 1.08 bits per heavy atom. The van der Waals surface area contributed by atoms with Gasteiger partial charge in [-0.15, -0.1) is 0 Å². The number of carbonyl (C=O) groups is 2. The van der Waals surface area contributed by atoms with Gasteiger partial charge in [-0.2, -0.15) is 5.10 Å². The van der Waals surface area contributed by atoms with Crippen molar-refractivity contribution in [1.82, 2.24) is 24.6 Å². The van der Waals surface area contributed by atoms with Crippen molar-refractivity contribution in [1.29, 1.82) is 0 Å². The van der Waals surface area contributed by atoms with Gasteiger partial charge in [-0.25, -0.2) is 14.1 Å². The predicted molar refractivity (Wildman–Crippen MR) is 141 cm³/mol. The molecule has 1 aliphatic heterocycles. The van der Waals surface area contributed by atoms with Gasteiger partial charge in [0, 0.05) is 45.4 Å². The third-order valence-electron chi connectivity index (χ3n) is 6.50. The van der Waals surface area contributed by atoms with E-state index in [4.69, 9.17) is 4.74 Å². The fourth-order valence-corrected chi connectivity index (χ4v) is 4.90. The summed E-state index contributed by atoms with van der Waals surface area (Å²) in [7, 11) is 1.49. The molecule has 0 saturated heterocycles. The average molecular weight is 517 g/mol. The summed E-state index contributed by atoms with van der Waals surface area (Å²) in [4.78, 5) is 36.6. The first-order valence-electron chi connectivity index (χ1n) is 13.1. The molecule has 1 aromatic heterocycles. The molecule has 1 aliphatic rings. The minimum absolute atomic E-state index is 0.0370. The molecule has 0 unspecified atom stereocenters. The predicted octanol–water partition coefficient (Wildman–Crippen LogP) is 3.18. The number of hydrogen-bond donors (Lipinski definition) is 0. The molecule has 2 aromatic rings. The van der Waals surface area contributed by atoms with Crippen LogP contribution in [0.25, 0.3) is 0 Å². The van der Waals surface area contributed by atoms with Gasteiger partial charge in [0.25, 0.3) is 5.91 Å². The topological polar surface area (TPSA) is 83.8 Å². The van der Waals surface area contributed by atoms with Crippen LogP contribution >= 0.6 is 0 Å². The van der Waals surface area contributed by atoms with E-state index in [0.29, 0.717) is 42.6 Å². The fourth-order valence-electron chi connectivity index (χ4n) is 4.90. The summed E-state index contributed by atoms with van der Waals surface area (Å²) in [5, 5.41) is 4.37. The van der Waals surface area contributed by atoms with Crippen LogP contribution in [0.5, 0.6) is 0 Å². The first-order chi connectivity index (χ1) is 17.7. The maximum absolute atomic E-state index is 14.4. The Labute approximate surface area is 219 Å². The Hall–Kier alpha value is -2.85. The van der Waals surface area contributed by atoms with Crippen LogP contribution in [0.15, 0.2) is 18.2 Å². The van der Waals surface area contributed by atoms with Crippen LogP contribution in [0, 0.1) is 25.6 Å². The Morgan fingerprint density at radius 3 is 2.46 bits per heavy atom. The van der Waals surface area contributed by atoms with E-state index in [-0.39, 0.29) is 31.4 Å². The first kappa shape index (κ1) is 28.7. The van der Waals surface area contributed by atoms with Gasteiger partial charge in [0.05, 0.1) is 6.54 Å². The van der Waals surface area contributed by atoms with Crippen LogP contribution < -0.4 is 4.90 Å². The number of benzene rings is 1. The number of ether oxygens (including phenoxy) is 1. The maximum atomic E-state index is 14.4. The van der Waals surface area contributed by atoms with Gasteiger partial charge >= 0.3 is 0 Å². The Bertz CT molecular complexity index is 1060. The molecule has 0 bridgehead atoms. The molecular formula is C27H41FN6O3. The molecule has 3 rings (SSSR count). The van der Waals surface area contributed by atoms with Gasteiger partial charge in [0.1, 0.15) is 24.1 Å². The largest absolute Gasteiger partial charge is 0.375 e. The lowest BCUT2D eigenvalue weighted by atomic mass is 10.1. The number of aromatic nitrogens is 3. The normalized spacial score (nSPS) is 15.9. The van der Waals surface area contributed by atoms with Gasteiger partial charge in [-0.05, 0) is 69.5 Å². The van der Waals surface area contributed by atoms with E-state index in [0.717, 1.165) is 38.3 Å². The number of halogens is 1. The summed E-state index contributed by atoms with van der Waals surface area (Å²) in [6.07, 6.45) is 1.87. The zero-order chi connectivity index (χ0) is 26.9. The number of aryl methyl sites for hydroxylation is 3. The van der Waals surface area contributed by atoms with E-state index in [1.807, 2.05) is 13.8 Å². The molecule has 204 valence electrons. The third kappa shape index (κ3) is 8.33. The molecule has 0 spiro atoms. The second kappa shape index (κ2) is 13.6. The van der Waals surface area contributed by atoms with Crippen molar-refractivity contribution < 1.29 is 18.7 Å². The standard InChI is InChI=1S/C27H41FN6O3/c1-20(2)17-31-11-6-13-32(26(35)10-15-34-22(4)29-21(3)30-34)18-23-16-24(28)8-9-25(23)33(14-7-12-31)27(36)19-37-5/h8-9,16,20H,6-7,10-15,17-19H2,1-5H3. The van der Waals surface area contributed by atoms with Crippen molar-refractivity contribution in [3.63, 3.8) is 0 Å². The maximum Gasteiger partial charge on any atom is 0.252 e. The van der Waals surface area contributed by atoms with Crippen molar-refractivity contribution in [2.24, 2.45) is 5.92 Å². The van der Waals surface area contributed by atoms with E-state index in [9.17, 15) is 14.0 Å². The van der Waals surface area contributed by atoms with Crippen LogP contribution in [0.4, 0.5) is 10.1 Å². The van der Waals surface area contributed by atoms with Crippen LogP contribution in [-0.2, 0) is 27.4 Å². The smallest absolute Gasteiger partial charge is 0.252 e. The molecular weight excluding hydrogens is 475 g/mol. The first-order valence-corrected chi connectivity index (χ1v) is 13.1. The lowest BCUT2D eigenvalue weighted by Gasteiger charge is -2.32. The molecule has 37 heavy (non-hydrogen) atoms. The quantitative estimate of drug-likeness (QED) is 0.562. The van der Waals surface area contributed by atoms with Gasteiger partial charge in [0.15, 0.2) is 0 Å². The number of nitrogens with zero attached hydrogens (tertiary/aromatic N) is 6. The van der Waals surface area contributed by atoms with Crippen molar-refractivity contribution in [3.8, 4) is 0 Å².